The molecule has 0 saturated carbocycles. The van der Waals surface area contributed by atoms with Gasteiger partial charge in [0.25, 0.3) is 11.8 Å². The number of anilines is 2. The van der Waals surface area contributed by atoms with E-state index in [1.165, 1.54) is 38.4 Å². The first-order valence-corrected chi connectivity index (χ1v) is 12.5. The van der Waals surface area contributed by atoms with Crippen LogP contribution in [-0.2, 0) is 26.1 Å². The molecule has 0 spiro atoms. The molecule has 3 aromatic rings. The summed E-state index contributed by atoms with van der Waals surface area (Å²) in [6.45, 7) is 1.25. The minimum absolute atomic E-state index is 0.00348. The van der Waals surface area contributed by atoms with Gasteiger partial charge in [-0.1, -0.05) is 6.07 Å². The van der Waals surface area contributed by atoms with Crippen LogP contribution < -0.4 is 10.2 Å². The van der Waals surface area contributed by atoms with Gasteiger partial charge < -0.3 is 19.3 Å². The number of benzene rings is 2. The van der Waals surface area contributed by atoms with Crippen molar-refractivity contribution >= 4 is 44.5 Å². The maximum atomic E-state index is 13.0. The highest BCUT2D eigenvalue weighted by Gasteiger charge is 2.23. The number of carbonyl (C=O) groups is 2. The molecule has 2 amide bonds. The molecular formula is C23H27N5O6S. The maximum Gasteiger partial charge on any atom is 0.258 e. The second-order valence-electron chi connectivity index (χ2n) is 8.20. The van der Waals surface area contributed by atoms with E-state index in [1.807, 2.05) is 12.1 Å². The van der Waals surface area contributed by atoms with Crippen LogP contribution in [0.15, 0.2) is 47.4 Å². The Labute approximate surface area is 203 Å². The van der Waals surface area contributed by atoms with E-state index in [0.717, 1.165) is 9.82 Å². The van der Waals surface area contributed by atoms with Gasteiger partial charge in [0.1, 0.15) is 6.61 Å². The topological polar surface area (TPSA) is 134 Å². The molecular weight excluding hydrogens is 474 g/mol. The predicted octanol–water partition coefficient (Wildman–Crippen LogP) is 1.28. The van der Waals surface area contributed by atoms with Crippen molar-refractivity contribution < 1.29 is 27.9 Å². The molecule has 0 aliphatic carbocycles. The summed E-state index contributed by atoms with van der Waals surface area (Å²) in [6.07, 6.45) is 0.439. The van der Waals surface area contributed by atoms with E-state index in [1.54, 1.807) is 15.5 Å². The highest BCUT2D eigenvalue weighted by Crippen LogP contribution is 2.27. The Bertz CT molecular complexity index is 1370. The fraction of sp³-hybridized carbons (Fsp3) is 0.348. The molecule has 0 bridgehead atoms. The van der Waals surface area contributed by atoms with Gasteiger partial charge in [-0.2, -0.15) is 0 Å². The number of nitrogens with one attached hydrogen (secondary N) is 1. The number of aromatic nitrogens is 2. The Hall–Kier alpha value is -3.32. The first-order valence-electron chi connectivity index (χ1n) is 11.1. The number of carbonyl (C=O) groups excluding carboxylic acids is 2. The molecule has 186 valence electrons. The summed E-state index contributed by atoms with van der Waals surface area (Å²) in [5, 5.41) is 12.1. The second-order valence-corrected chi connectivity index (χ2v) is 10.4. The summed E-state index contributed by atoms with van der Waals surface area (Å²) in [7, 11) is -0.861. The number of aryl methyl sites for hydroxylation is 1. The van der Waals surface area contributed by atoms with Crippen LogP contribution in [0.25, 0.3) is 11.0 Å². The van der Waals surface area contributed by atoms with Crippen LogP contribution in [0.1, 0.15) is 16.8 Å². The fourth-order valence-corrected chi connectivity index (χ4v) is 4.76. The molecule has 11 nitrogen and oxygen atoms in total. The summed E-state index contributed by atoms with van der Waals surface area (Å²) in [5.41, 5.74) is 2.13. The largest absolute Gasteiger partial charge is 0.396 e. The van der Waals surface area contributed by atoms with E-state index >= 15 is 0 Å². The van der Waals surface area contributed by atoms with E-state index in [4.69, 9.17) is 4.74 Å². The zero-order valence-corrected chi connectivity index (χ0v) is 20.3. The first kappa shape index (κ1) is 24.8. The molecule has 1 aliphatic rings. The Balaban J connectivity index is 1.67. The van der Waals surface area contributed by atoms with Crippen molar-refractivity contribution in [2.75, 3.05) is 50.7 Å². The van der Waals surface area contributed by atoms with Crippen molar-refractivity contribution in [3.63, 3.8) is 0 Å². The van der Waals surface area contributed by atoms with Crippen molar-refractivity contribution in [1.29, 1.82) is 0 Å². The molecule has 1 fully saturated rings. The van der Waals surface area contributed by atoms with Crippen molar-refractivity contribution in [3.05, 3.63) is 48.0 Å². The van der Waals surface area contributed by atoms with Crippen LogP contribution in [0.4, 0.5) is 11.6 Å². The zero-order chi connectivity index (χ0) is 25.2. The molecule has 0 radical (unpaired) electrons. The first-order chi connectivity index (χ1) is 16.7. The fourth-order valence-electron chi connectivity index (χ4n) is 3.81. The number of hydrogen-bond acceptors (Lipinski definition) is 7. The Kier molecular flexibility index (Phi) is 7.17. The summed E-state index contributed by atoms with van der Waals surface area (Å²) in [6, 6.07) is 11.2. The van der Waals surface area contributed by atoms with Crippen LogP contribution >= 0.6 is 0 Å². The molecule has 2 aromatic carbocycles. The van der Waals surface area contributed by atoms with Gasteiger partial charge in [-0.15, -0.1) is 0 Å². The molecule has 1 saturated heterocycles. The Morgan fingerprint density at radius 1 is 1.23 bits per heavy atom. The highest BCUT2D eigenvalue weighted by atomic mass is 32.2. The van der Waals surface area contributed by atoms with Gasteiger partial charge in [0.15, 0.2) is 0 Å². The lowest BCUT2D eigenvalue weighted by molar-refractivity contribution is -0.125. The Morgan fingerprint density at radius 2 is 2.03 bits per heavy atom. The van der Waals surface area contributed by atoms with E-state index in [9.17, 15) is 23.1 Å². The smallest absolute Gasteiger partial charge is 0.258 e. The minimum atomic E-state index is -3.70. The molecule has 4 rings (SSSR count). The monoisotopic (exact) mass is 501 g/mol. The van der Waals surface area contributed by atoms with Gasteiger partial charge in [-0.05, 0) is 42.8 Å². The minimum Gasteiger partial charge on any atom is -0.396 e. The third-order valence-corrected chi connectivity index (χ3v) is 7.48. The number of imidazole rings is 1. The number of ether oxygens (including phenoxy) is 1. The lowest BCUT2D eigenvalue weighted by Gasteiger charge is -2.26. The maximum absolute atomic E-state index is 13.0. The van der Waals surface area contributed by atoms with E-state index in [2.05, 4.69) is 10.3 Å². The van der Waals surface area contributed by atoms with Gasteiger partial charge >= 0.3 is 0 Å². The van der Waals surface area contributed by atoms with E-state index in [0.29, 0.717) is 37.3 Å². The molecule has 0 unspecified atom stereocenters. The standard InChI is InChI=1S/C23H27N5O6S/c1-26(2)35(32,33)18-6-3-5-16(13-18)22(31)25-23-24-19-14-17(27-10-12-34-15-21(27)30)7-8-20(19)28(23)9-4-11-29/h3,5-8,13-14,29H,4,9-12,15H2,1-2H3,(H,24,25,31). The van der Waals surface area contributed by atoms with Gasteiger partial charge in [-0.3, -0.25) is 14.9 Å². The van der Waals surface area contributed by atoms with Crippen LogP contribution in [-0.4, -0.2) is 79.7 Å². The number of aliphatic hydroxyl groups is 1. The molecule has 2 N–H and O–H groups in total. The lowest BCUT2D eigenvalue weighted by atomic mass is 10.2. The molecule has 2 heterocycles. The van der Waals surface area contributed by atoms with Gasteiger partial charge in [0.05, 0.1) is 22.5 Å². The predicted molar refractivity (Wildman–Crippen MR) is 130 cm³/mol. The van der Waals surface area contributed by atoms with Crippen molar-refractivity contribution in [2.45, 2.75) is 17.9 Å². The Morgan fingerprint density at radius 3 is 2.74 bits per heavy atom. The molecule has 35 heavy (non-hydrogen) atoms. The second kappa shape index (κ2) is 10.1. The highest BCUT2D eigenvalue weighted by molar-refractivity contribution is 7.89. The number of fused-ring (bicyclic) bond motifs is 1. The summed E-state index contributed by atoms with van der Waals surface area (Å²) in [5.74, 6) is -0.411. The van der Waals surface area contributed by atoms with Crippen molar-refractivity contribution in [1.82, 2.24) is 13.9 Å². The van der Waals surface area contributed by atoms with Crippen LogP contribution in [0, 0.1) is 0 Å². The van der Waals surface area contributed by atoms with Crippen LogP contribution in [0.2, 0.25) is 0 Å². The van der Waals surface area contributed by atoms with Crippen LogP contribution in [0.3, 0.4) is 0 Å². The van der Waals surface area contributed by atoms with Gasteiger partial charge in [0, 0.05) is 45.0 Å². The number of hydrogen-bond donors (Lipinski definition) is 2. The van der Waals surface area contributed by atoms with Crippen LogP contribution in [0.5, 0.6) is 0 Å². The van der Waals surface area contributed by atoms with Crippen molar-refractivity contribution in [3.8, 4) is 0 Å². The molecule has 12 heteroatoms. The summed E-state index contributed by atoms with van der Waals surface area (Å²) >= 11 is 0. The number of nitrogens with zero attached hydrogens (tertiary/aromatic N) is 4. The van der Waals surface area contributed by atoms with Gasteiger partial charge in [-0.25, -0.2) is 17.7 Å². The average molecular weight is 502 g/mol. The van der Waals surface area contributed by atoms with Gasteiger partial charge in [0.2, 0.25) is 16.0 Å². The molecule has 1 aromatic heterocycles. The molecule has 0 atom stereocenters. The van der Waals surface area contributed by atoms with E-state index < -0.39 is 15.9 Å². The third-order valence-electron chi connectivity index (χ3n) is 5.67. The lowest BCUT2D eigenvalue weighted by Crippen LogP contribution is -2.41. The quantitative estimate of drug-likeness (QED) is 0.475. The number of sulfonamides is 1. The zero-order valence-electron chi connectivity index (χ0n) is 19.5. The van der Waals surface area contributed by atoms with Crippen molar-refractivity contribution in [2.24, 2.45) is 0 Å². The van der Waals surface area contributed by atoms with E-state index in [-0.39, 0.29) is 35.5 Å². The average Bonchev–Trinajstić information content (AvgIpc) is 3.18. The molecule has 1 aliphatic heterocycles. The normalized spacial score (nSPS) is 14.6. The third kappa shape index (κ3) is 5.05. The summed E-state index contributed by atoms with van der Waals surface area (Å²) < 4.78 is 33.0. The number of aliphatic hydroxyl groups excluding tert-OH is 1. The SMILES string of the molecule is CN(C)S(=O)(=O)c1cccc(C(=O)Nc2nc3cc(N4CCOCC4=O)ccc3n2CCCO)c1. The number of morpholine rings is 1. The number of rotatable bonds is 8. The summed E-state index contributed by atoms with van der Waals surface area (Å²) in [4.78, 5) is 31.5. The number of amides is 2.